The summed E-state index contributed by atoms with van der Waals surface area (Å²) in [5, 5.41) is 26.5. The number of ketones is 1. The number of hydrogen-bond donors (Lipinski definition) is 1. The molecule has 24 heavy (non-hydrogen) atoms. The van der Waals surface area contributed by atoms with Gasteiger partial charge in [0.15, 0.2) is 5.78 Å². The van der Waals surface area contributed by atoms with Crippen LogP contribution in [0.1, 0.15) is 43.7 Å². The van der Waals surface area contributed by atoms with E-state index in [0.29, 0.717) is 29.7 Å². The van der Waals surface area contributed by atoms with Crippen LogP contribution in [-0.4, -0.2) is 11.7 Å². The Kier molecular flexibility index (Phi) is 3.73. The number of nitrogens with one attached hydrogen (secondary N) is 1. The van der Waals surface area contributed by atoms with Crippen molar-refractivity contribution in [3.05, 3.63) is 46.7 Å². The first-order valence-corrected chi connectivity index (χ1v) is 7.78. The molecule has 0 fully saturated rings. The van der Waals surface area contributed by atoms with Crippen LogP contribution in [0.4, 0.5) is 0 Å². The Morgan fingerprint density at radius 1 is 1.21 bits per heavy atom. The fraction of sp³-hybridized carbons (Fsp3) is 0.368. The fourth-order valence-electron chi connectivity index (χ4n) is 3.49. The number of hydrogen-bond acceptors (Lipinski definition) is 5. The maximum Gasteiger partial charge on any atom is 0.205 e. The molecule has 120 valence electrons. The van der Waals surface area contributed by atoms with Crippen molar-refractivity contribution in [2.24, 2.45) is 11.3 Å². The van der Waals surface area contributed by atoms with Crippen LogP contribution in [0.2, 0.25) is 0 Å². The van der Waals surface area contributed by atoms with Gasteiger partial charge in [0, 0.05) is 24.3 Å². The minimum absolute atomic E-state index is 0.0247. The molecule has 5 heteroatoms. The minimum Gasteiger partial charge on any atom is -0.446 e. The quantitative estimate of drug-likeness (QED) is 0.857. The topological polar surface area (TPSA) is 97.7 Å². The highest BCUT2D eigenvalue weighted by Gasteiger charge is 2.46. The maximum absolute atomic E-state index is 12.7. The molecule has 0 amide bonds. The third-order valence-corrected chi connectivity index (χ3v) is 4.58. The molecule has 1 heterocycles. The molecule has 2 unspecified atom stereocenters. The van der Waals surface area contributed by atoms with Gasteiger partial charge in [-0.15, -0.1) is 0 Å². The Morgan fingerprint density at radius 3 is 2.46 bits per heavy atom. The van der Waals surface area contributed by atoms with E-state index in [2.05, 4.69) is 12.1 Å². The molecule has 1 aromatic carbocycles. The van der Waals surface area contributed by atoms with Gasteiger partial charge in [-0.05, 0) is 23.1 Å². The molecule has 1 N–H and O–H groups in total. The van der Waals surface area contributed by atoms with E-state index in [-0.39, 0.29) is 17.1 Å². The number of carbonyl (C=O) groups is 1. The zero-order valence-electron chi connectivity index (χ0n) is 13.6. The number of carbonyl (C=O) groups excluding carboxylic acids is 1. The third kappa shape index (κ3) is 2.59. The van der Waals surface area contributed by atoms with E-state index >= 15 is 0 Å². The number of rotatable bonds is 1. The van der Waals surface area contributed by atoms with Crippen molar-refractivity contribution in [2.75, 3.05) is 0 Å². The van der Waals surface area contributed by atoms with Gasteiger partial charge >= 0.3 is 0 Å². The van der Waals surface area contributed by atoms with E-state index in [0.717, 1.165) is 5.56 Å². The molecule has 1 aliphatic carbocycles. The van der Waals surface area contributed by atoms with E-state index in [1.165, 1.54) is 0 Å². The molecule has 2 atom stereocenters. The largest absolute Gasteiger partial charge is 0.446 e. The summed E-state index contributed by atoms with van der Waals surface area (Å²) >= 11 is 0. The number of ether oxygens (including phenoxy) is 1. The first kappa shape index (κ1) is 16.0. The molecule has 0 bridgehead atoms. The van der Waals surface area contributed by atoms with Gasteiger partial charge in [0.25, 0.3) is 0 Å². The van der Waals surface area contributed by atoms with Crippen molar-refractivity contribution in [1.29, 1.82) is 15.9 Å². The van der Waals surface area contributed by atoms with Crippen molar-refractivity contribution in [3.8, 4) is 12.1 Å². The number of allylic oxidation sites excluding steroid dienone is 2. The molecule has 0 radical (unpaired) electrons. The van der Waals surface area contributed by atoms with Crippen molar-refractivity contribution in [3.63, 3.8) is 0 Å². The van der Waals surface area contributed by atoms with Crippen LogP contribution in [0.25, 0.3) is 0 Å². The molecular formula is C19H17N3O2. The molecule has 5 nitrogen and oxygen atoms in total. The minimum atomic E-state index is -0.832. The Morgan fingerprint density at radius 2 is 1.88 bits per heavy atom. The summed E-state index contributed by atoms with van der Waals surface area (Å²) in [6, 6.07) is 11.0. The van der Waals surface area contributed by atoms with Crippen LogP contribution in [-0.2, 0) is 9.53 Å². The van der Waals surface area contributed by atoms with E-state index < -0.39 is 11.8 Å². The Labute approximate surface area is 140 Å². The number of benzene rings is 1. The van der Waals surface area contributed by atoms with Crippen LogP contribution in [0.5, 0.6) is 0 Å². The van der Waals surface area contributed by atoms with Crippen molar-refractivity contribution in [2.45, 2.75) is 32.6 Å². The lowest BCUT2D eigenvalue weighted by Crippen LogP contribution is -2.38. The van der Waals surface area contributed by atoms with Crippen LogP contribution >= 0.6 is 0 Å². The third-order valence-electron chi connectivity index (χ3n) is 4.58. The highest BCUT2D eigenvalue weighted by atomic mass is 16.5. The van der Waals surface area contributed by atoms with Crippen molar-refractivity contribution in [1.82, 2.24) is 0 Å². The summed E-state index contributed by atoms with van der Waals surface area (Å²) in [4.78, 5) is 12.7. The molecule has 1 aliphatic heterocycles. The predicted molar refractivity (Wildman–Crippen MR) is 86.9 cm³/mol. The molecule has 0 aromatic heterocycles. The van der Waals surface area contributed by atoms with Gasteiger partial charge in [0.1, 0.15) is 11.7 Å². The molecule has 3 rings (SSSR count). The molecule has 0 saturated heterocycles. The lowest BCUT2D eigenvalue weighted by molar-refractivity contribution is -0.119. The van der Waals surface area contributed by atoms with Gasteiger partial charge in [-0.3, -0.25) is 10.2 Å². The van der Waals surface area contributed by atoms with Crippen LogP contribution in [0.15, 0.2) is 35.6 Å². The predicted octanol–water partition coefficient (Wildman–Crippen LogP) is 3.43. The summed E-state index contributed by atoms with van der Waals surface area (Å²) < 4.78 is 5.56. The van der Waals surface area contributed by atoms with Crippen molar-refractivity contribution < 1.29 is 9.53 Å². The highest BCUT2D eigenvalue weighted by molar-refractivity contribution is 6.01. The first-order valence-electron chi connectivity index (χ1n) is 7.78. The second kappa shape index (κ2) is 5.62. The lowest BCUT2D eigenvalue weighted by Gasteiger charge is -2.39. The summed E-state index contributed by atoms with van der Waals surface area (Å²) in [6.45, 7) is 3.99. The van der Waals surface area contributed by atoms with E-state index in [1.807, 2.05) is 13.8 Å². The lowest BCUT2D eigenvalue weighted by atomic mass is 9.68. The highest BCUT2D eigenvalue weighted by Crippen LogP contribution is 2.47. The van der Waals surface area contributed by atoms with Crippen molar-refractivity contribution >= 4 is 11.7 Å². The smallest absolute Gasteiger partial charge is 0.205 e. The first-order chi connectivity index (χ1) is 11.4. The van der Waals surface area contributed by atoms with Gasteiger partial charge in [-0.25, -0.2) is 0 Å². The van der Waals surface area contributed by atoms with Gasteiger partial charge in [-0.2, -0.15) is 10.5 Å². The molecule has 0 saturated carbocycles. The molecule has 0 spiro atoms. The average molecular weight is 319 g/mol. The molecular weight excluding hydrogens is 302 g/mol. The van der Waals surface area contributed by atoms with Gasteiger partial charge in [0.05, 0.1) is 17.7 Å². The Balaban J connectivity index is 2.15. The molecule has 2 aliphatic rings. The van der Waals surface area contributed by atoms with E-state index in [1.54, 1.807) is 24.3 Å². The Hall–Kier alpha value is -2.92. The van der Waals surface area contributed by atoms with E-state index in [4.69, 9.17) is 15.4 Å². The van der Waals surface area contributed by atoms with E-state index in [9.17, 15) is 10.1 Å². The maximum atomic E-state index is 12.7. The zero-order valence-corrected chi connectivity index (χ0v) is 13.6. The number of nitriles is 2. The SMILES string of the molecule is CC1(C)CC(=O)C2=C(C1)OC(=N)C(C#N)C2c1ccc(C#N)cc1. The normalized spacial score (nSPS) is 25.3. The molecule has 1 aromatic rings. The van der Waals surface area contributed by atoms with Crippen LogP contribution in [0, 0.1) is 39.4 Å². The second-order valence-corrected chi connectivity index (χ2v) is 7.06. The summed E-state index contributed by atoms with van der Waals surface area (Å²) in [6.07, 6.45) is 0.967. The monoisotopic (exact) mass is 319 g/mol. The average Bonchev–Trinajstić information content (AvgIpc) is 2.52. The Bertz CT molecular complexity index is 835. The second-order valence-electron chi connectivity index (χ2n) is 7.06. The standard InChI is InChI=1S/C19H17N3O2/c1-19(2)7-14(23)17-15(8-19)24-18(22)13(10-21)16(17)12-5-3-11(9-20)4-6-12/h3-6,13,16,22H,7-8H2,1-2H3. The summed E-state index contributed by atoms with van der Waals surface area (Å²) in [7, 11) is 0. The number of nitrogens with zero attached hydrogens (tertiary/aromatic N) is 2. The van der Waals surface area contributed by atoms with Gasteiger partial charge in [0.2, 0.25) is 5.90 Å². The summed E-state index contributed by atoms with van der Waals surface area (Å²) in [5.74, 6) is -0.967. The van der Waals surface area contributed by atoms with Crippen LogP contribution in [0.3, 0.4) is 0 Å². The van der Waals surface area contributed by atoms with Gasteiger partial charge in [-0.1, -0.05) is 26.0 Å². The zero-order chi connectivity index (χ0) is 17.5. The fourth-order valence-corrected chi connectivity index (χ4v) is 3.49. The summed E-state index contributed by atoms with van der Waals surface area (Å²) in [5.41, 5.74) is 1.57. The number of Topliss-reactive ketones (excluding diaryl/α,β-unsaturated/α-hetero) is 1. The van der Waals surface area contributed by atoms with Crippen LogP contribution < -0.4 is 0 Å². The van der Waals surface area contributed by atoms with Gasteiger partial charge < -0.3 is 4.74 Å².